The minimum atomic E-state index is 0.0611. The van der Waals surface area contributed by atoms with E-state index in [1.807, 2.05) is 23.6 Å². The maximum absolute atomic E-state index is 6.48. The Hall–Kier alpha value is -1.58. The van der Waals surface area contributed by atoms with Crippen molar-refractivity contribution >= 4 is 46.6 Å². The van der Waals surface area contributed by atoms with Gasteiger partial charge >= 0.3 is 0 Å². The maximum Gasteiger partial charge on any atom is 0.228 e. The normalized spacial score (nSPS) is 23.2. The number of aromatic nitrogens is 4. The zero-order valence-corrected chi connectivity index (χ0v) is 19.7. The first-order valence-electron chi connectivity index (χ1n) is 10.3. The van der Waals surface area contributed by atoms with Crippen LogP contribution in [0.4, 0.5) is 5.95 Å². The number of hydrogen-bond acceptors (Lipinski definition) is 7. The number of benzene rings is 1. The van der Waals surface area contributed by atoms with Crippen LogP contribution in [0.15, 0.2) is 34.3 Å². The van der Waals surface area contributed by atoms with Gasteiger partial charge in [0, 0.05) is 29.4 Å². The summed E-state index contributed by atoms with van der Waals surface area (Å²) in [4.78, 5) is 13.5. The quantitative estimate of drug-likeness (QED) is 0.602. The molecule has 5 rings (SSSR count). The second kappa shape index (κ2) is 8.08. The van der Waals surface area contributed by atoms with Gasteiger partial charge in [0.15, 0.2) is 5.65 Å². The van der Waals surface area contributed by atoms with E-state index in [9.17, 15) is 0 Å². The summed E-state index contributed by atoms with van der Waals surface area (Å²) in [5.41, 5.74) is 8.18. The highest BCUT2D eigenvalue weighted by Crippen LogP contribution is 2.43. The molecule has 1 aromatic carbocycles. The third-order valence-electron chi connectivity index (χ3n) is 6.55. The molecule has 7 nitrogen and oxygen atoms in total. The summed E-state index contributed by atoms with van der Waals surface area (Å²) in [6.07, 6.45) is 3.63. The lowest BCUT2D eigenvalue weighted by Crippen LogP contribution is -2.51. The second-order valence-electron chi connectivity index (χ2n) is 8.37. The highest BCUT2D eigenvalue weighted by Gasteiger charge is 2.47. The number of piperidine rings is 1. The van der Waals surface area contributed by atoms with Crippen LogP contribution in [0.1, 0.15) is 25.5 Å². The molecule has 2 unspecified atom stereocenters. The molecule has 2 aliphatic rings. The summed E-state index contributed by atoms with van der Waals surface area (Å²) < 4.78 is 7.68. The fourth-order valence-electron chi connectivity index (χ4n) is 4.57. The first-order valence-corrected chi connectivity index (χ1v) is 11.9. The van der Waals surface area contributed by atoms with Crippen LogP contribution in [-0.2, 0) is 4.74 Å². The van der Waals surface area contributed by atoms with Crippen molar-refractivity contribution in [2.75, 3.05) is 24.6 Å². The summed E-state index contributed by atoms with van der Waals surface area (Å²) in [5, 5.41) is 5.53. The van der Waals surface area contributed by atoms with Gasteiger partial charge in [-0.2, -0.15) is 9.61 Å². The standard InChI is InChI=1S/C21H24Cl2N6OS/c1-12-17(31-15-5-3-4-14(22)16(15)23)19-25-11-26-29(19)20(27-12)28-8-6-21(7-9-28)10-30-13(2)18(21)24/h3-5,11,13,18H,6-10,24H2,1-2H3. The Morgan fingerprint density at radius 3 is 2.74 bits per heavy atom. The van der Waals surface area contributed by atoms with Gasteiger partial charge in [-0.15, -0.1) is 0 Å². The lowest BCUT2D eigenvalue weighted by atomic mass is 9.73. The Labute approximate surface area is 195 Å². The Morgan fingerprint density at radius 1 is 1.26 bits per heavy atom. The van der Waals surface area contributed by atoms with Crippen molar-refractivity contribution in [3.63, 3.8) is 0 Å². The van der Waals surface area contributed by atoms with E-state index >= 15 is 0 Å². The topological polar surface area (TPSA) is 81.6 Å². The van der Waals surface area contributed by atoms with Crippen LogP contribution in [0.5, 0.6) is 0 Å². The molecule has 0 bridgehead atoms. The van der Waals surface area contributed by atoms with E-state index in [0.29, 0.717) is 10.0 Å². The van der Waals surface area contributed by atoms with Crippen molar-refractivity contribution in [1.82, 2.24) is 19.6 Å². The first-order chi connectivity index (χ1) is 14.9. The van der Waals surface area contributed by atoms with Crippen LogP contribution in [-0.4, -0.2) is 51.4 Å². The summed E-state index contributed by atoms with van der Waals surface area (Å²) in [6, 6.07) is 5.69. The molecule has 0 radical (unpaired) electrons. The molecule has 2 atom stereocenters. The number of hydrogen-bond donors (Lipinski definition) is 1. The largest absolute Gasteiger partial charge is 0.376 e. The van der Waals surface area contributed by atoms with Gasteiger partial charge in [0.05, 0.1) is 33.3 Å². The third-order valence-corrected chi connectivity index (χ3v) is 8.73. The van der Waals surface area contributed by atoms with Crippen molar-refractivity contribution in [3.8, 4) is 0 Å². The molecule has 2 aromatic heterocycles. The third kappa shape index (κ3) is 3.58. The number of nitrogens with two attached hydrogens (primary N) is 1. The van der Waals surface area contributed by atoms with Crippen LogP contribution in [0, 0.1) is 12.3 Å². The molecule has 0 amide bonds. The second-order valence-corrected chi connectivity index (χ2v) is 10.2. The summed E-state index contributed by atoms with van der Waals surface area (Å²) in [7, 11) is 0. The zero-order chi connectivity index (χ0) is 21.8. The van der Waals surface area contributed by atoms with Gasteiger partial charge in [-0.25, -0.2) is 9.97 Å². The first kappa shape index (κ1) is 21.3. The number of ether oxygens (including phenoxy) is 1. The van der Waals surface area contributed by atoms with Crippen LogP contribution in [0.2, 0.25) is 10.0 Å². The fourth-order valence-corrected chi connectivity index (χ4v) is 6.04. The highest BCUT2D eigenvalue weighted by atomic mass is 35.5. The Balaban J connectivity index is 1.45. The van der Waals surface area contributed by atoms with Gasteiger partial charge in [0.2, 0.25) is 5.95 Å². The average Bonchev–Trinajstić information content (AvgIpc) is 3.35. The average molecular weight is 479 g/mol. The minimum Gasteiger partial charge on any atom is -0.376 e. The van der Waals surface area contributed by atoms with E-state index in [-0.39, 0.29) is 17.6 Å². The van der Waals surface area contributed by atoms with Crippen molar-refractivity contribution in [1.29, 1.82) is 0 Å². The van der Waals surface area contributed by atoms with E-state index in [4.69, 9.17) is 38.7 Å². The molecule has 10 heteroatoms. The lowest BCUT2D eigenvalue weighted by molar-refractivity contribution is 0.0973. The molecule has 0 aliphatic carbocycles. The van der Waals surface area contributed by atoms with Crippen molar-refractivity contribution in [2.24, 2.45) is 11.1 Å². The van der Waals surface area contributed by atoms with Crippen molar-refractivity contribution in [2.45, 2.75) is 48.6 Å². The number of fused-ring (bicyclic) bond motifs is 1. The lowest BCUT2D eigenvalue weighted by Gasteiger charge is -2.41. The zero-order valence-electron chi connectivity index (χ0n) is 17.4. The van der Waals surface area contributed by atoms with Gasteiger partial charge in [-0.1, -0.05) is 41.0 Å². The van der Waals surface area contributed by atoms with Gasteiger partial charge in [-0.3, -0.25) is 0 Å². The van der Waals surface area contributed by atoms with Gasteiger partial charge in [-0.05, 0) is 38.8 Å². The van der Waals surface area contributed by atoms with Crippen LogP contribution in [0.3, 0.4) is 0 Å². The molecule has 1 spiro atoms. The Kier molecular flexibility index (Phi) is 5.55. The smallest absolute Gasteiger partial charge is 0.228 e. The number of nitrogens with zero attached hydrogens (tertiary/aromatic N) is 5. The molecular weight excluding hydrogens is 455 g/mol. The molecular formula is C21H24Cl2N6OS. The minimum absolute atomic E-state index is 0.0611. The van der Waals surface area contributed by atoms with E-state index in [1.54, 1.807) is 12.4 Å². The predicted molar refractivity (Wildman–Crippen MR) is 123 cm³/mol. The molecule has 2 N–H and O–H groups in total. The molecule has 2 aliphatic heterocycles. The monoisotopic (exact) mass is 478 g/mol. The fraction of sp³-hybridized carbons (Fsp3) is 0.476. The molecule has 3 aromatic rings. The number of aryl methyl sites for hydroxylation is 1. The van der Waals surface area contributed by atoms with Gasteiger partial charge < -0.3 is 15.4 Å². The molecule has 164 valence electrons. The van der Waals surface area contributed by atoms with Gasteiger partial charge in [0.25, 0.3) is 0 Å². The van der Waals surface area contributed by atoms with Crippen LogP contribution in [0.25, 0.3) is 5.65 Å². The summed E-state index contributed by atoms with van der Waals surface area (Å²) in [5.74, 6) is 0.807. The highest BCUT2D eigenvalue weighted by molar-refractivity contribution is 7.99. The van der Waals surface area contributed by atoms with Crippen LogP contribution < -0.4 is 10.6 Å². The molecule has 2 saturated heterocycles. The Morgan fingerprint density at radius 2 is 2.03 bits per heavy atom. The molecule has 31 heavy (non-hydrogen) atoms. The summed E-state index contributed by atoms with van der Waals surface area (Å²) in [6.45, 7) is 6.52. The van der Waals surface area contributed by atoms with Gasteiger partial charge in [0.1, 0.15) is 6.33 Å². The SMILES string of the molecule is Cc1nc(N2CCC3(CC2)COC(C)C3N)n2ncnc2c1Sc1cccc(Cl)c1Cl. The van der Waals surface area contributed by atoms with E-state index in [0.717, 1.165) is 59.6 Å². The van der Waals surface area contributed by atoms with E-state index < -0.39 is 0 Å². The maximum atomic E-state index is 6.48. The number of anilines is 1. The molecule has 4 heterocycles. The molecule has 2 fully saturated rings. The molecule has 0 saturated carbocycles. The van der Waals surface area contributed by atoms with Crippen molar-refractivity contribution in [3.05, 3.63) is 40.3 Å². The van der Waals surface area contributed by atoms with E-state index in [1.165, 1.54) is 11.8 Å². The summed E-state index contributed by atoms with van der Waals surface area (Å²) >= 11 is 14.1. The van der Waals surface area contributed by atoms with E-state index in [2.05, 4.69) is 21.9 Å². The Bertz CT molecular complexity index is 1130. The van der Waals surface area contributed by atoms with Crippen LogP contribution >= 0.6 is 35.0 Å². The number of halogens is 2. The predicted octanol–water partition coefficient (Wildman–Crippen LogP) is 4.22. The number of rotatable bonds is 3. The van der Waals surface area contributed by atoms with Crippen molar-refractivity contribution < 1.29 is 4.74 Å².